The number of Topliss-reactive ketones (excluding diaryl/α,β-unsaturated/α-hetero) is 2. The van der Waals surface area contributed by atoms with Gasteiger partial charge in [-0.15, -0.1) is 0 Å². The first-order valence-corrected chi connectivity index (χ1v) is 12.9. The van der Waals surface area contributed by atoms with Gasteiger partial charge in [0.25, 0.3) is 0 Å². The van der Waals surface area contributed by atoms with E-state index >= 15 is 0 Å². The fraction of sp³-hybridized carbons (Fsp3) is 0.258. The predicted molar refractivity (Wildman–Crippen MR) is 139 cm³/mol. The van der Waals surface area contributed by atoms with E-state index in [1.165, 1.54) is 24.3 Å². The van der Waals surface area contributed by atoms with Crippen LogP contribution in [-0.2, 0) is 25.5 Å². The van der Waals surface area contributed by atoms with Crippen molar-refractivity contribution >= 4 is 35.0 Å². The van der Waals surface area contributed by atoms with Crippen LogP contribution in [0.1, 0.15) is 62.2 Å². The van der Waals surface area contributed by atoms with Crippen molar-refractivity contribution < 1.29 is 33.4 Å². The summed E-state index contributed by atoms with van der Waals surface area (Å²) in [6.45, 7) is 3.92. The third-order valence-corrected chi connectivity index (χ3v) is 7.87. The van der Waals surface area contributed by atoms with Crippen LogP contribution in [-0.4, -0.2) is 41.6 Å². The van der Waals surface area contributed by atoms with Crippen LogP contribution in [0.25, 0.3) is 0 Å². The fourth-order valence-electron chi connectivity index (χ4n) is 5.98. The van der Waals surface area contributed by atoms with E-state index in [1.807, 2.05) is 31.2 Å². The Kier molecular flexibility index (Phi) is 5.80. The summed E-state index contributed by atoms with van der Waals surface area (Å²) in [5.41, 5.74) is 0.413. The summed E-state index contributed by atoms with van der Waals surface area (Å²) < 4.78 is 11.3. The van der Waals surface area contributed by atoms with Gasteiger partial charge in [-0.05, 0) is 48.7 Å². The number of anilines is 1. The number of carbonyl (C=O) groups is 5. The van der Waals surface area contributed by atoms with Crippen LogP contribution in [0.5, 0.6) is 0 Å². The van der Waals surface area contributed by atoms with Crippen molar-refractivity contribution in [3.05, 3.63) is 101 Å². The second kappa shape index (κ2) is 9.10. The van der Waals surface area contributed by atoms with Crippen molar-refractivity contribution in [2.45, 2.75) is 32.0 Å². The van der Waals surface area contributed by atoms with E-state index in [1.54, 1.807) is 31.2 Å². The highest BCUT2D eigenvalue weighted by Crippen LogP contribution is 2.57. The summed E-state index contributed by atoms with van der Waals surface area (Å²) in [7, 11) is 0. The summed E-state index contributed by atoms with van der Waals surface area (Å²) in [5, 5.41) is 0. The van der Waals surface area contributed by atoms with E-state index in [0.717, 1.165) is 16.9 Å². The zero-order chi connectivity index (χ0) is 27.5. The quantitative estimate of drug-likeness (QED) is 0.281. The average molecular weight is 524 g/mol. The third-order valence-electron chi connectivity index (χ3n) is 7.87. The summed E-state index contributed by atoms with van der Waals surface area (Å²) in [6, 6.07) is 19.7. The molecule has 3 atom stereocenters. The van der Waals surface area contributed by atoms with Gasteiger partial charge in [0.1, 0.15) is 0 Å². The maximum absolute atomic E-state index is 14.0. The first-order valence-electron chi connectivity index (χ1n) is 12.9. The number of ketones is 2. The molecule has 8 nitrogen and oxygen atoms in total. The standard InChI is InChI=1S/C31H25NO7/c1-3-17-9-11-18(12-10-17)25-23-24(31(39-25)26(33)21-7-5-6-8-22(21)27(31)34)29(36)32(28(23)35)20-15-13-19(14-16-20)30(37)38-4-2/h5-16,23-25H,3-4H2,1-2H3/t23-,24+,25+/m0/s1. The number of esters is 1. The largest absolute Gasteiger partial charge is 0.462 e. The molecular formula is C31H25NO7. The minimum atomic E-state index is -2.13. The predicted octanol–water partition coefficient (Wildman–Crippen LogP) is 4.12. The van der Waals surface area contributed by atoms with Crippen molar-refractivity contribution in [3.63, 3.8) is 0 Å². The molecule has 8 heteroatoms. The second-order valence-electron chi connectivity index (χ2n) is 9.86. The normalized spacial score (nSPS) is 22.9. The van der Waals surface area contributed by atoms with Crippen molar-refractivity contribution in [1.29, 1.82) is 0 Å². The molecule has 2 fully saturated rings. The molecule has 196 valence electrons. The fourth-order valence-corrected chi connectivity index (χ4v) is 5.98. The molecule has 2 amide bonds. The zero-order valence-electron chi connectivity index (χ0n) is 21.4. The molecule has 0 bridgehead atoms. The van der Waals surface area contributed by atoms with E-state index in [9.17, 15) is 24.0 Å². The number of benzene rings is 3. The second-order valence-corrected chi connectivity index (χ2v) is 9.86. The maximum atomic E-state index is 14.0. The molecule has 3 aromatic carbocycles. The monoisotopic (exact) mass is 523 g/mol. The van der Waals surface area contributed by atoms with Crippen LogP contribution in [0.2, 0.25) is 0 Å². The number of ether oxygens (including phenoxy) is 2. The van der Waals surface area contributed by atoms with E-state index in [0.29, 0.717) is 5.56 Å². The van der Waals surface area contributed by atoms with E-state index in [-0.39, 0.29) is 29.0 Å². The van der Waals surface area contributed by atoms with Gasteiger partial charge in [-0.25, -0.2) is 9.69 Å². The van der Waals surface area contributed by atoms with E-state index < -0.39 is 52.9 Å². The Labute approximate surface area is 224 Å². The third kappa shape index (κ3) is 3.44. The molecular weight excluding hydrogens is 498 g/mol. The maximum Gasteiger partial charge on any atom is 0.338 e. The van der Waals surface area contributed by atoms with Crippen molar-refractivity contribution in [3.8, 4) is 0 Å². The summed E-state index contributed by atoms with van der Waals surface area (Å²) in [6.07, 6.45) is -0.176. The molecule has 0 radical (unpaired) electrons. The number of nitrogens with zero attached hydrogens (tertiary/aromatic N) is 1. The lowest BCUT2D eigenvalue weighted by Gasteiger charge is -2.27. The molecule has 0 saturated carbocycles. The van der Waals surface area contributed by atoms with Gasteiger partial charge in [0.2, 0.25) is 29.0 Å². The smallest absolute Gasteiger partial charge is 0.338 e. The molecule has 0 unspecified atom stereocenters. The highest BCUT2D eigenvalue weighted by molar-refractivity contribution is 6.37. The molecule has 2 aliphatic heterocycles. The Balaban J connectivity index is 1.46. The lowest BCUT2D eigenvalue weighted by molar-refractivity contribution is -0.127. The van der Waals surface area contributed by atoms with Crippen molar-refractivity contribution in [2.75, 3.05) is 11.5 Å². The molecule has 0 N–H and O–H groups in total. The summed E-state index contributed by atoms with van der Waals surface area (Å²) >= 11 is 0. The van der Waals surface area contributed by atoms with Crippen LogP contribution < -0.4 is 4.90 Å². The minimum Gasteiger partial charge on any atom is -0.462 e. The Morgan fingerprint density at radius 3 is 2.03 bits per heavy atom. The molecule has 2 heterocycles. The molecule has 1 aliphatic carbocycles. The molecule has 3 aliphatic rings. The van der Waals surface area contributed by atoms with E-state index in [2.05, 4.69) is 0 Å². The van der Waals surface area contributed by atoms with Crippen LogP contribution in [0.3, 0.4) is 0 Å². The summed E-state index contributed by atoms with van der Waals surface area (Å²) in [5.74, 6) is -5.40. The first-order chi connectivity index (χ1) is 18.8. The number of hydrogen-bond acceptors (Lipinski definition) is 7. The molecule has 0 aromatic heterocycles. The number of hydrogen-bond donors (Lipinski definition) is 0. The number of amides is 2. The van der Waals surface area contributed by atoms with Gasteiger partial charge < -0.3 is 9.47 Å². The topological polar surface area (TPSA) is 107 Å². The molecule has 39 heavy (non-hydrogen) atoms. The number of fused-ring (bicyclic) bond motifs is 3. The van der Waals surface area contributed by atoms with Gasteiger partial charge >= 0.3 is 5.97 Å². The van der Waals surface area contributed by atoms with Crippen molar-refractivity contribution in [2.24, 2.45) is 11.8 Å². The van der Waals surface area contributed by atoms with Crippen molar-refractivity contribution in [1.82, 2.24) is 0 Å². The molecule has 2 saturated heterocycles. The highest BCUT2D eigenvalue weighted by atomic mass is 16.5. The van der Waals surface area contributed by atoms with E-state index in [4.69, 9.17) is 9.47 Å². The lowest BCUT2D eigenvalue weighted by Crippen LogP contribution is -2.51. The number of carbonyl (C=O) groups excluding carboxylic acids is 5. The number of rotatable bonds is 5. The van der Waals surface area contributed by atoms with Crippen LogP contribution in [0, 0.1) is 11.8 Å². The first kappa shape index (κ1) is 24.9. The Morgan fingerprint density at radius 2 is 1.46 bits per heavy atom. The highest BCUT2D eigenvalue weighted by Gasteiger charge is 2.74. The van der Waals surface area contributed by atoms with Crippen LogP contribution in [0.4, 0.5) is 5.69 Å². The van der Waals surface area contributed by atoms with Gasteiger partial charge in [0.15, 0.2) is 0 Å². The Morgan fingerprint density at radius 1 is 0.846 bits per heavy atom. The number of imide groups is 1. The molecule has 3 aromatic rings. The zero-order valence-corrected chi connectivity index (χ0v) is 21.4. The minimum absolute atomic E-state index is 0.181. The van der Waals surface area contributed by atoms with Crippen LogP contribution in [0.15, 0.2) is 72.8 Å². The van der Waals surface area contributed by atoms with Gasteiger partial charge in [-0.1, -0.05) is 55.5 Å². The SMILES string of the molecule is CCOC(=O)c1ccc(N2C(=O)[C@@H]3[C@@H](c4ccc(CC)cc4)OC4(C(=O)c5ccccc5C4=O)[C@H]3C2=O)cc1. The Bertz CT molecular complexity index is 1500. The molecule has 6 rings (SSSR count). The lowest BCUT2D eigenvalue weighted by atomic mass is 9.77. The summed E-state index contributed by atoms with van der Waals surface area (Å²) in [4.78, 5) is 68.8. The van der Waals surface area contributed by atoms with Gasteiger partial charge in [-0.3, -0.25) is 19.2 Å². The van der Waals surface area contributed by atoms with Gasteiger partial charge in [0.05, 0.1) is 35.8 Å². The van der Waals surface area contributed by atoms with Gasteiger partial charge in [-0.2, -0.15) is 0 Å². The van der Waals surface area contributed by atoms with Crippen LogP contribution >= 0.6 is 0 Å². The van der Waals surface area contributed by atoms with Gasteiger partial charge in [0, 0.05) is 11.1 Å². The Hall–Kier alpha value is -4.43. The number of aryl methyl sites for hydroxylation is 1. The average Bonchev–Trinajstić information content (AvgIpc) is 3.53. The molecule has 1 spiro atoms.